The van der Waals surface area contributed by atoms with Gasteiger partial charge in [0.2, 0.25) is 5.91 Å². The van der Waals surface area contributed by atoms with Gasteiger partial charge in [0.05, 0.1) is 25.3 Å². The van der Waals surface area contributed by atoms with E-state index in [0.717, 1.165) is 17.7 Å². The van der Waals surface area contributed by atoms with E-state index >= 15 is 0 Å². The molecular formula is C21H18F2N2O4. The Hall–Kier alpha value is -3.42. The molecule has 0 saturated heterocycles. The maximum atomic E-state index is 13.4. The molecule has 1 amide bonds. The Balaban J connectivity index is 1.57. The number of carbonyl (C=O) groups is 1. The van der Waals surface area contributed by atoms with E-state index in [0.29, 0.717) is 35.8 Å². The molecule has 1 saturated carbocycles. The van der Waals surface area contributed by atoms with Gasteiger partial charge in [-0.3, -0.25) is 4.79 Å². The van der Waals surface area contributed by atoms with Gasteiger partial charge in [-0.2, -0.15) is 0 Å². The van der Waals surface area contributed by atoms with Crippen molar-refractivity contribution >= 4 is 11.6 Å². The number of anilines is 1. The fraction of sp³-hybridized carbons (Fsp3) is 0.238. The van der Waals surface area contributed by atoms with Gasteiger partial charge in [-0.25, -0.2) is 8.78 Å². The molecule has 1 aliphatic carbocycles. The third-order valence-corrected chi connectivity index (χ3v) is 5.03. The van der Waals surface area contributed by atoms with Gasteiger partial charge in [0.1, 0.15) is 0 Å². The number of aromatic nitrogens is 1. The van der Waals surface area contributed by atoms with Crippen LogP contribution in [-0.2, 0) is 10.2 Å². The maximum Gasteiger partial charge on any atom is 0.236 e. The molecule has 29 heavy (non-hydrogen) atoms. The second kappa shape index (κ2) is 7.20. The molecule has 8 heteroatoms. The molecule has 6 nitrogen and oxygen atoms in total. The quantitative estimate of drug-likeness (QED) is 0.668. The molecule has 1 aliphatic rings. The molecule has 1 N–H and O–H groups in total. The van der Waals surface area contributed by atoms with Crippen LogP contribution in [0.5, 0.6) is 11.5 Å². The summed E-state index contributed by atoms with van der Waals surface area (Å²) in [6.45, 7) is 0. The van der Waals surface area contributed by atoms with E-state index in [-0.39, 0.29) is 11.6 Å². The monoisotopic (exact) mass is 400 g/mol. The Morgan fingerprint density at radius 2 is 1.79 bits per heavy atom. The molecule has 0 spiro atoms. The predicted octanol–water partition coefficient (Wildman–Crippen LogP) is 4.31. The molecule has 0 unspecified atom stereocenters. The van der Waals surface area contributed by atoms with Gasteiger partial charge < -0.3 is 19.3 Å². The number of carbonyl (C=O) groups excluding carboxylic acids is 1. The topological polar surface area (TPSA) is 73.6 Å². The predicted molar refractivity (Wildman–Crippen MR) is 101 cm³/mol. The minimum Gasteiger partial charge on any atom is -0.493 e. The first-order valence-corrected chi connectivity index (χ1v) is 8.93. The highest BCUT2D eigenvalue weighted by Crippen LogP contribution is 2.49. The molecule has 1 aromatic heterocycles. The van der Waals surface area contributed by atoms with Gasteiger partial charge in [-0.15, -0.1) is 0 Å². The van der Waals surface area contributed by atoms with Crippen molar-refractivity contribution < 1.29 is 27.6 Å². The zero-order valence-electron chi connectivity index (χ0n) is 15.8. The lowest BCUT2D eigenvalue weighted by atomic mass is 10.00. The Morgan fingerprint density at radius 3 is 2.45 bits per heavy atom. The number of ether oxygens (including phenoxy) is 2. The van der Waals surface area contributed by atoms with Crippen molar-refractivity contribution in [1.29, 1.82) is 0 Å². The van der Waals surface area contributed by atoms with E-state index in [9.17, 15) is 13.6 Å². The molecule has 0 radical (unpaired) electrons. The van der Waals surface area contributed by atoms with Crippen LogP contribution in [0.25, 0.3) is 11.3 Å². The SMILES string of the molecule is COc1ccc(-c2cc(C3(C(=O)Nc4ccc(F)c(F)c4)CC3)no2)cc1OC. The van der Waals surface area contributed by atoms with Crippen LogP contribution >= 0.6 is 0 Å². The Bertz CT molecular complexity index is 1080. The normalized spacial score (nSPS) is 14.3. The van der Waals surface area contributed by atoms with E-state index in [4.69, 9.17) is 14.0 Å². The molecule has 0 bridgehead atoms. The highest BCUT2D eigenvalue weighted by Gasteiger charge is 2.53. The number of methoxy groups -OCH3 is 2. The second-order valence-electron chi connectivity index (χ2n) is 6.81. The number of nitrogens with zero attached hydrogens (tertiary/aromatic N) is 1. The molecule has 150 valence electrons. The minimum atomic E-state index is -1.02. The summed E-state index contributed by atoms with van der Waals surface area (Å²) in [6, 6.07) is 10.2. The van der Waals surface area contributed by atoms with Gasteiger partial charge in [-0.05, 0) is 43.2 Å². The van der Waals surface area contributed by atoms with Gasteiger partial charge >= 0.3 is 0 Å². The first-order valence-electron chi connectivity index (χ1n) is 8.93. The summed E-state index contributed by atoms with van der Waals surface area (Å²) in [4.78, 5) is 12.8. The fourth-order valence-electron chi connectivity index (χ4n) is 3.18. The van der Waals surface area contributed by atoms with Crippen molar-refractivity contribution in [3.63, 3.8) is 0 Å². The number of rotatable bonds is 6. The van der Waals surface area contributed by atoms with Crippen molar-refractivity contribution in [1.82, 2.24) is 5.16 Å². The van der Waals surface area contributed by atoms with Crippen LogP contribution in [0.2, 0.25) is 0 Å². The summed E-state index contributed by atoms with van der Waals surface area (Å²) in [5.74, 6) is -0.728. The van der Waals surface area contributed by atoms with Crippen LogP contribution in [0.4, 0.5) is 14.5 Å². The lowest BCUT2D eigenvalue weighted by Gasteiger charge is -2.12. The highest BCUT2D eigenvalue weighted by molar-refractivity contribution is 6.01. The lowest BCUT2D eigenvalue weighted by Crippen LogP contribution is -2.28. The summed E-state index contributed by atoms with van der Waals surface area (Å²) < 4.78 is 42.5. The number of amides is 1. The number of nitrogens with one attached hydrogen (secondary N) is 1. The Kier molecular flexibility index (Phi) is 4.70. The maximum absolute atomic E-state index is 13.4. The summed E-state index contributed by atoms with van der Waals surface area (Å²) in [6.07, 6.45) is 1.17. The van der Waals surface area contributed by atoms with E-state index in [1.54, 1.807) is 31.4 Å². The van der Waals surface area contributed by atoms with Crippen molar-refractivity contribution in [2.45, 2.75) is 18.3 Å². The average molecular weight is 400 g/mol. The summed E-state index contributed by atoms with van der Waals surface area (Å²) >= 11 is 0. The summed E-state index contributed by atoms with van der Waals surface area (Å²) in [7, 11) is 3.09. The van der Waals surface area contributed by atoms with Crippen molar-refractivity contribution in [2.24, 2.45) is 0 Å². The molecule has 1 fully saturated rings. The van der Waals surface area contributed by atoms with Crippen LogP contribution in [0, 0.1) is 11.6 Å². The number of benzene rings is 2. The number of halogens is 2. The van der Waals surface area contributed by atoms with E-state index in [1.165, 1.54) is 13.2 Å². The number of hydrogen-bond donors (Lipinski definition) is 1. The largest absolute Gasteiger partial charge is 0.493 e. The molecule has 3 aromatic rings. The first-order chi connectivity index (χ1) is 14.0. The highest BCUT2D eigenvalue weighted by atomic mass is 19.2. The first kappa shape index (κ1) is 18.9. The van der Waals surface area contributed by atoms with E-state index in [2.05, 4.69) is 10.5 Å². The Labute approximate surface area is 165 Å². The van der Waals surface area contributed by atoms with Gasteiger partial charge in [-0.1, -0.05) is 5.16 Å². The van der Waals surface area contributed by atoms with Gasteiger partial charge in [0, 0.05) is 23.4 Å². The van der Waals surface area contributed by atoms with Crippen molar-refractivity contribution in [2.75, 3.05) is 19.5 Å². The lowest BCUT2D eigenvalue weighted by molar-refractivity contribution is -0.118. The molecule has 2 aromatic carbocycles. The van der Waals surface area contributed by atoms with E-state index < -0.39 is 17.0 Å². The number of hydrogen-bond acceptors (Lipinski definition) is 5. The molecule has 4 rings (SSSR count). The third kappa shape index (κ3) is 3.41. The minimum absolute atomic E-state index is 0.184. The standard InChI is InChI=1S/C21H18F2N2O4/c1-27-16-6-3-12(9-18(16)28-2)17-11-19(25-29-17)21(7-8-21)20(26)24-13-4-5-14(22)15(23)10-13/h3-6,9-11H,7-8H2,1-2H3,(H,24,26). The van der Waals surface area contributed by atoms with Gasteiger partial charge in [0.15, 0.2) is 28.9 Å². The second-order valence-corrected chi connectivity index (χ2v) is 6.81. The summed E-state index contributed by atoms with van der Waals surface area (Å²) in [5, 5.41) is 6.71. The van der Waals surface area contributed by atoms with Crippen molar-refractivity contribution in [3.8, 4) is 22.8 Å². The third-order valence-electron chi connectivity index (χ3n) is 5.03. The van der Waals surface area contributed by atoms with Crippen LogP contribution < -0.4 is 14.8 Å². The van der Waals surface area contributed by atoms with Crippen LogP contribution in [0.15, 0.2) is 47.0 Å². The zero-order chi connectivity index (χ0) is 20.6. The molecular weight excluding hydrogens is 382 g/mol. The molecule has 0 aliphatic heterocycles. The molecule has 0 atom stereocenters. The fourth-order valence-corrected chi connectivity index (χ4v) is 3.18. The average Bonchev–Trinajstić information content (AvgIpc) is 3.40. The van der Waals surface area contributed by atoms with E-state index in [1.807, 2.05) is 0 Å². The van der Waals surface area contributed by atoms with Gasteiger partial charge in [0.25, 0.3) is 0 Å². The van der Waals surface area contributed by atoms with Crippen molar-refractivity contribution in [3.05, 3.63) is 59.8 Å². The van der Waals surface area contributed by atoms with Crippen LogP contribution in [-0.4, -0.2) is 25.3 Å². The molecule has 1 heterocycles. The smallest absolute Gasteiger partial charge is 0.236 e. The van der Waals surface area contributed by atoms with Crippen LogP contribution in [0.3, 0.4) is 0 Å². The zero-order valence-corrected chi connectivity index (χ0v) is 15.8. The Morgan fingerprint density at radius 1 is 1.03 bits per heavy atom. The van der Waals surface area contributed by atoms with Crippen LogP contribution in [0.1, 0.15) is 18.5 Å². The summed E-state index contributed by atoms with van der Waals surface area (Å²) in [5.41, 5.74) is 0.549.